The lowest BCUT2D eigenvalue weighted by atomic mass is 9.97. The van der Waals surface area contributed by atoms with Crippen molar-refractivity contribution in [3.63, 3.8) is 0 Å². The minimum atomic E-state index is 0.0381. The maximum absolute atomic E-state index is 8.68. The van der Waals surface area contributed by atoms with E-state index in [1.165, 1.54) is 0 Å². The van der Waals surface area contributed by atoms with Crippen molar-refractivity contribution in [1.82, 2.24) is 4.98 Å². The highest BCUT2D eigenvalue weighted by molar-refractivity contribution is 5.95. The zero-order valence-corrected chi connectivity index (χ0v) is 11.1. The van der Waals surface area contributed by atoms with E-state index < -0.39 is 0 Å². The molecule has 19 heavy (non-hydrogen) atoms. The lowest BCUT2D eigenvalue weighted by molar-refractivity contribution is 0.139. The van der Waals surface area contributed by atoms with Gasteiger partial charge in [-0.25, -0.2) is 0 Å². The third-order valence-corrected chi connectivity index (χ3v) is 3.50. The molecule has 0 aromatic carbocycles. The Bertz CT molecular complexity index is 442. The number of nitrogens with zero attached hydrogens (tertiary/aromatic N) is 3. The third kappa shape index (κ3) is 3.35. The minimum Gasteiger partial charge on any atom is -0.409 e. The van der Waals surface area contributed by atoms with E-state index in [0.717, 1.165) is 38.2 Å². The monoisotopic (exact) mass is 264 g/mol. The number of ether oxygens (including phenoxy) is 1. The molecule has 1 aliphatic heterocycles. The van der Waals surface area contributed by atoms with Crippen LogP contribution >= 0.6 is 0 Å². The van der Waals surface area contributed by atoms with E-state index in [1.807, 2.05) is 12.1 Å². The van der Waals surface area contributed by atoms with E-state index in [2.05, 4.69) is 15.0 Å². The molecule has 2 heterocycles. The summed E-state index contributed by atoms with van der Waals surface area (Å²) in [6.45, 7) is 2.82. The Labute approximate surface area is 112 Å². The molecule has 2 rings (SSSR count). The number of piperidine rings is 1. The van der Waals surface area contributed by atoms with Gasteiger partial charge in [-0.05, 0) is 30.9 Å². The molecule has 1 aromatic heterocycles. The number of oxime groups is 1. The van der Waals surface area contributed by atoms with Gasteiger partial charge in [0.25, 0.3) is 0 Å². The molecule has 1 fully saturated rings. The van der Waals surface area contributed by atoms with Gasteiger partial charge in [-0.15, -0.1) is 0 Å². The number of hydrogen-bond donors (Lipinski definition) is 2. The maximum Gasteiger partial charge on any atom is 0.188 e. The SMILES string of the molecule is COCC1CCN(c2ccnc(C(N)=NO)c2)CC1. The molecule has 1 aromatic rings. The number of aromatic nitrogens is 1. The molecule has 0 atom stereocenters. The smallest absolute Gasteiger partial charge is 0.188 e. The Morgan fingerprint density at radius 1 is 1.58 bits per heavy atom. The molecular weight excluding hydrogens is 244 g/mol. The van der Waals surface area contributed by atoms with Crippen LogP contribution in [0.25, 0.3) is 0 Å². The Kier molecular flexibility index (Phi) is 4.57. The van der Waals surface area contributed by atoms with Crippen molar-refractivity contribution in [3.8, 4) is 0 Å². The molecule has 3 N–H and O–H groups in total. The van der Waals surface area contributed by atoms with Crippen molar-refractivity contribution in [2.75, 3.05) is 31.7 Å². The average Bonchev–Trinajstić information content (AvgIpc) is 2.48. The molecule has 6 heteroatoms. The summed E-state index contributed by atoms with van der Waals surface area (Å²) < 4.78 is 5.20. The molecule has 104 valence electrons. The molecule has 0 saturated carbocycles. The van der Waals surface area contributed by atoms with E-state index >= 15 is 0 Å². The zero-order valence-electron chi connectivity index (χ0n) is 11.1. The third-order valence-electron chi connectivity index (χ3n) is 3.50. The fourth-order valence-corrected chi connectivity index (χ4v) is 2.40. The normalized spacial score (nSPS) is 17.7. The van der Waals surface area contributed by atoms with Crippen LogP contribution in [-0.2, 0) is 4.74 Å². The van der Waals surface area contributed by atoms with Crippen molar-refractivity contribution < 1.29 is 9.94 Å². The number of nitrogens with two attached hydrogens (primary N) is 1. The Balaban J connectivity index is 2.03. The molecule has 0 unspecified atom stereocenters. The summed E-state index contributed by atoms with van der Waals surface area (Å²) in [6.07, 6.45) is 3.92. The first-order valence-electron chi connectivity index (χ1n) is 6.42. The Hall–Kier alpha value is -1.82. The van der Waals surface area contributed by atoms with Crippen molar-refractivity contribution in [1.29, 1.82) is 0 Å². The summed E-state index contributed by atoms with van der Waals surface area (Å²) in [5.74, 6) is 0.683. The van der Waals surface area contributed by atoms with Crippen LogP contribution in [0, 0.1) is 5.92 Å². The van der Waals surface area contributed by atoms with Crippen molar-refractivity contribution in [3.05, 3.63) is 24.0 Å². The van der Waals surface area contributed by atoms with Gasteiger partial charge in [-0.3, -0.25) is 4.98 Å². The highest BCUT2D eigenvalue weighted by atomic mass is 16.5. The summed E-state index contributed by atoms with van der Waals surface area (Å²) in [6, 6.07) is 3.80. The van der Waals surface area contributed by atoms with Gasteiger partial charge in [-0.1, -0.05) is 5.16 Å². The van der Waals surface area contributed by atoms with E-state index in [1.54, 1.807) is 13.3 Å². The Morgan fingerprint density at radius 3 is 2.95 bits per heavy atom. The number of methoxy groups -OCH3 is 1. The molecule has 0 bridgehead atoms. The highest BCUT2D eigenvalue weighted by Crippen LogP contribution is 2.23. The number of amidine groups is 1. The maximum atomic E-state index is 8.68. The second kappa shape index (κ2) is 6.38. The second-order valence-electron chi connectivity index (χ2n) is 4.77. The molecule has 1 saturated heterocycles. The predicted molar refractivity (Wildman–Crippen MR) is 73.6 cm³/mol. The van der Waals surface area contributed by atoms with E-state index in [4.69, 9.17) is 15.7 Å². The molecule has 0 amide bonds. The fraction of sp³-hybridized carbons (Fsp3) is 0.538. The first kappa shape index (κ1) is 13.6. The molecule has 0 aliphatic carbocycles. The first-order valence-corrected chi connectivity index (χ1v) is 6.42. The minimum absolute atomic E-state index is 0.0381. The molecule has 1 aliphatic rings. The van der Waals surface area contributed by atoms with Gasteiger partial charge in [-0.2, -0.15) is 0 Å². The lowest BCUT2D eigenvalue weighted by Gasteiger charge is -2.33. The van der Waals surface area contributed by atoms with Crippen molar-refractivity contribution >= 4 is 11.5 Å². The fourth-order valence-electron chi connectivity index (χ4n) is 2.40. The Morgan fingerprint density at radius 2 is 2.32 bits per heavy atom. The quantitative estimate of drug-likeness (QED) is 0.367. The predicted octanol–water partition coefficient (Wildman–Crippen LogP) is 1.04. The second-order valence-corrected chi connectivity index (χ2v) is 4.77. The summed E-state index contributed by atoms with van der Waals surface area (Å²) >= 11 is 0. The van der Waals surface area contributed by atoms with Gasteiger partial charge in [0.1, 0.15) is 5.69 Å². The molecule has 0 spiro atoms. The van der Waals surface area contributed by atoms with Crippen LogP contribution in [-0.4, -0.2) is 42.8 Å². The zero-order chi connectivity index (χ0) is 13.7. The number of anilines is 1. The topological polar surface area (TPSA) is 84.0 Å². The van der Waals surface area contributed by atoms with Gasteiger partial charge >= 0.3 is 0 Å². The average molecular weight is 264 g/mol. The van der Waals surface area contributed by atoms with Crippen LogP contribution in [0.15, 0.2) is 23.5 Å². The summed E-state index contributed by atoms with van der Waals surface area (Å²) in [5.41, 5.74) is 7.12. The van der Waals surface area contributed by atoms with Crippen LogP contribution in [0.3, 0.4) is 0 Å². The number of rotatable bonds is 4. The summed E-state index contributed by atoms with van der Waals surface area (Å²) in [4.78, 5) is 6.38. The van der Waals surface area contributed by atoms with Crippen LogP contribution < -0.4 is 10.6 Å². The van der Waals surface area contributed by atoms with Crippen LogP contribution in [0.2, 0.25) is 0 Å². The lowest BCUT2D eigenvalue weighted by Crippen LogP contribution is -2.35. The van der Waals surface area contributed by atoms with Gasteiger partial charge in [0, 0.05) is 38.7 Å². The van der Waals surface area contributed by atoms with Crippen molar-refractivity contribution in [2.24, 2.45) is 16.8 Å². The summed E-state index contributed by atoms with van der Waals surface area (Å²) in [5, 5.41) is 11.7. The van der Waals surface area contributed by atoms with Crippen molar-refractivity contribution in [2.45, 2.75) is 12.8 Å². The van der Waals surface area contributed by atoms with Gasteiger partial charge in [0.15, 0.2) is 5.84 Å². The van der Waals surface area contributed by atoms with Gasteiger partial charge < -0.3 is 20.6 Å². The summed E-state index contributed by atoms with van der Waals surface area (Å²) in [7, 11) is 1.75. The van der Waals surface area contributed by atoms with Crippen LogP contribution in [0.4, 0.5) is 5.69 Å². The van der Waals surface area contributed by atoms with Crippen LogP contribution in [0.1, 0.15) is 18.5 Å². The van der Waals surface area contributed by atoms with E-state index in [-0.39, 0.29) is 5.84 Å². The largest absolute Gasteiger partial charge is 0.409 e. The molecule has 6 nitrogen and oxygen atoms in total. The number of hydrogen-bond acceptors (Lipinski definition) is 5. The number of pyridine rings is 1. The van der Waals surface area contributed by atoms with Gasteiger partial charge in [0.05, 0.1) is 0 Å². The van der Waals surface area contributed by atoms with E-state index in [0.29, 0.717) is 11.6 Å². The molecular formula is C13H20N4O2. The van der Waals surface area contributed by atoms with E-state index in [9.17, 15) is 0 Å². The van der Waals surface area contributed by atoms with Gasteiger partial charge in [0.2, 0.25) is 0 Å². The molecule has 0 radical (unpaired) electrons. The standard InChI is InChI=1S/C13H20N4O2/c1-19-9-10-3-6-17(7-4-10)11-2-5-15-12(8-11)13(14)16-18/h2,5,8,10,18H,3-4,6-7,9H2,1H3,(H2,14,16). The highest BCUT2D eigenvalue weighted by Gasteiger charge is 2.19. The first-order chi connectivity index (χ1) is 9.24. The van der Waals surface area contributed by atoms with Crippen LogP contribution in [0.5, 0.6) is 0 Å².